The van der Waals surface area contributed by atoms with E-state index in [2.05, 4.69) is 254 Å². The zero-order chi connectivity index (χ0) is 46.0. The molecule has 11 aromatic carbocycles. The van der Waals surface area contributed by atoms with Gasteiger partial charge in [-0.25, -0.2) is 0 Å². The van der Waals surface area contributed by atoms with E-state index in [1.807, 2.05) is 12.1 Å². The maximum absolute atomic E-state index is 6.19. The second kappa shape index (κ2) is 14.8. The molecule has 70 heavy (non-hydrogen) atoms. The van der Waals surface area contributed by atoms with Crippen molar-refractivity contribution in [1.29, 1.82) is 0 Å². The molecular weight excluding hydrogens is 847 g/mol. The Bertz CT molecular complexity index is 3990. The first-order valence-electron chi connectivity index (χ1n) is 24.3. The van der Waals surface area contributed by atoms with Crippen molar-refractivity contribution in [1.82, 2.24) is 0 Å². The molecule has 0 radical (unpaired) electrons. The third kappa shape index (κ3) is 5.22. The van der Waals surface area contributed by atoms with Crippen molar-refractivity contribution < 1.29 is 4.42 Å². The molecule has 1 heterocycles. The van der Waals surface area contributed by atoms with Crippen LogP contribution < -0.4 is 4.90 Å². The fourth-order valence-electron chi connectivity index (χ4n) is 13.0. The molecule has 2 heteroatoms. The van der Waals surface area contributed by atoms with Gasteiger partial charge in [0.1, 0.15) is 11.2 Å². The van der Waals surface area contributed by atoms with Gasteiger partial charge < -0.3 is 9.32 Å². The molecule has 0 bridgehead atoms. The number of fused-ring (bicyclic) bond motifs is 19. The lowest BCUT2D eigenvalue weighted by Crippen LogP contribution is -2.43. The second-order valence-electron chi connectivity index (χ2n) is 19.1. The summed E-state index contributed by atoms with van der Waals surface area (Å²) in [5.41, 5.74) is 24.7. The van der Waals surface area contributed by atoms with Crippen LogP contribution in [-0.2, 0) is 10.8 Å². The van der Waals surface area contributed by atoms with Crippen molar-refractivity contribution in [3.8, 4) is 44.5 Å². The molecule has 0 saturated carbocycles. The first-order chi connectivity index (χ1) is 34.7. The minimum Gasteiger partial charge on any atom is -0.456 e. The van der Waals surface area contributed by atoms with E-state index in [1.165, 1.54) is 77.9 Å². The number of para-hydroxylation sites is 2. The fraction of sp³-hybridized carbons (Fsp3) is 0.0294. The van der Waals surface area contributed by atoms with Gasteiger partial charge in [0.25, 0.3) is 0 Å². The summed E-state index contributed by atoms with van der Waals surface area (Å²) in [6.07, 6.45) is 0. The Balaban J connectivity index is 0.876. The fourth-order valence-corrected chi connectivity index (χ4v) is 13.0. The van der Waals surface area contributed by atoms with Crippen LogP contribution in [0.4, 0.5) is 17.1 Å². The smallest absolute Gasteiger partial charge is 0.135 e. The number of anilines is 3. The van der Waals surface area contributed by atoms with Crippen LogP contribution in [0.5, 0.6) is 0 Å². The molecule has 15 rings (SSSR count). The van der Waals surface area contributed by atoms with Gasteiger partial charge in [-0.05, 0) is 150 Å². The average Bonchev–Trinajstić information content (AvgIpc) is 4.06. The topological polar surface area (TPSA) is 16.4 Å². The maximum atomic E-state index is 6.19. The van der Waals surface area contributed by atoms with E-state index in [0.29, 0.717) is 0 Å². The van der Waals surface area contributed by atoms with E-state index in [-0.39, 0.29) is 0 Å². The minimum atomic E-state index is -0.544. The van der Waals surface area contributed by atoms with Gasteiger partial charge >= 0.3 is 0 Å². The molecule has 3 aliphatic carbocycles. The molecule has 326 valence electrons. The highest BCUT2D eigenvalue weighted by Gasteiger charge is 2.58. The standard InChI is InChI=1S/C68H43NO/c1-2-18-48(19-3-1)69(50-20-16-17-45(41-50)46-36-40-66-56(42-46)55-24-7-15-32-65(55)70-66)49-37-33-44(34-38-49)47-35-39-54-53-23-6-10-27-59(53)68(64(54)43-47)62-30-13-11-28-60(62)67(61-29-12-14-31-63(61)68)57-25-8-4-21-51(57)52-22-5-9-26-58(52)67/h1-43H. The highest BCUT2D eigenvalue weighted by molar-refractivity contribution is 6.06. The van der Waals surface area contributed by atoms with Gasteiger partial charge in [0, 0.05) is 27.8 Å². The number of nitrogens with zero attached hydrogens (tertiary/aromatic N) is 1. The molecular formula is C68H43NO. The molecule has 0 amide bonds. The van der Waals surface area contributed by atoms with E-state index < -0.39 is 10.8 Å². The Morgan fingerprint density at radius 1 is 0.243 bits per heavy atom. The quantitative estimate of drug-likeness (QED) is 0.171. The highest BCUT2D eigenvalue weighted by atomic mass is 16.3. The van der Waals surface area contributed by atoms with Crippen molar-refractivity contribution in [3.63, 3.8) is 0 Å². The first-order valence-corrected chi connectivity index (χ1v) is 24.3. The molecule has 0 aliphatic heterocycles. The SMILES string of the molecule is c1ccc(N(c2ccc(-c3ccc4c(c3)C3(c5ccccc5-4)c4ccccc4C4(c5ccccc5-c5ccccc54)c4ccccc43)cc2)c2cccc(-c3ccc4oc5ccccc5c4c3)c2)cc1. The van der Waals surface area contributed by atoms with E-state index in [9.17, 15) is 0 Å². The van der Waals surface area contributed by atoms with Gasteiger partial charge in [0.15, 0.2) is 0 Å². The third-order valence-electron chi connectivity index (χ3n) is 15.8. The van der Waals surface area contributed by atoms with Crippen LogP contribution in [-0.4, -0.2) is 0 Å². The minimum absolute atomic E-state index is 0.469. The first kappa shape index (κ1) is 39.1. The van der Waals surface area contributed by atoms with E-state index >= 15 is 0 Å². The Hall–Kier alpha value is -8.98. The molecule has 0 unspecified atom stereocenters. The molecule has 12 aromatic rings. The zero-order valence-corrected chi connectivity index (χ0v) is 38.2. The van der Waals surface area contributed by atoms with E-state index in [1.54, 1.807) is 0 Å². The summed E-state index contributed by atoms with van der Waals surface area (Å²) in [6.45, 7) is 0. The van der Waals surface area contributed by atoms with Gasteiger partial charge in [0.2, 0.25) is 0 Å². The lowest BCUT2D eigenvalue weighted by Gasteiger charge is -2.48. The summed E-state index contributed by atoms with van der Waals surface area (Å²) in [6, 6.07) is 96.8. The molecule has 0 fully saturated rings. The van der Waals surface area contributed by atoms with Crippen LogP contribution in [0.15, 0.2) is 265 Å². The summed E-state index contributed by atoms with van der Waals surface area (Å²) in [5, 5.41) is 2.26. The number of hydrogen-bond donors (Lipinski definition) is 0. The predicted molar refractivity (Wildman–Crippen MR) is 287 cm³/mol. The lowest BCUT2D eigenvalue weighted by atomic mass is 9.52. The highest BCUT2D eigenvalue weighted by Crippen LogP contribution is 2.67. The molecule has 2 spiro atoms. The normalized spacial score (nSPS) is 13.9. The molecule has 0 atom stereocenters. The van der Waals surface area contributed by atoms with Crippen molar-refractivity contribution in [2.75, 3.05) is 4.90 Å². The lowest BCUT2D eigenvalue weighted by molar-refractivity contribution is 0.633. The number of benzene rings is 11. The van der Waals surface area contributed by atoms with Crippen molar-refractivity contribution in [3.05, 3.63) is 305 Å². The van der Waals surface area contributed by atoms with Crippen LogP contribution >= 0.6 is 0 Å². The van der Waals surface area contributed by atoms with E-state index in [4.69, 9.17) is 4.42 Å². The van der Waals surface area contributed by atoms with Crippen molar-refractivity contribution in [2.24, 2.45) is 0 Å². The zero-order valence-electron chi connectivity index (χ0n) is 38.2. The monoisotopic (exact) mass is 889 g/mol. The number of rotatable bonds is 5. The van der Waals surface area contributed by atoms with Crippen molar-refractivity contribution in [2.45, 2.75) is 10.8 Å². The Morgan fingerprint density at radius 3 is 1.30 bits per heavy atom. The van der Waals surface area contributed by atoms with Crippen LogP contribution in [0.2, 0.25) is 0 Å². The van der Waals surface area contributed by atoms with E-state index in [0.717, 1.165) is 50.1 Å². The van der Waals surface area contributed by atoms with Crippen molar-refractivity contribution >= 4 is 39.0 Å². The summed E-state index contributed by atoms with van der Waals surface area (Å²) in [7, 11) is 0. The van der Waals surface area contributed by atoms with Gasteiger partial charge in [-0.2, -0.15) is 0 Å². The van der Waals surface area contributed by atoms with Gasteiger partial charge in [-0.15, -0.1) is 0 Å². The average molecular weight is 890 g/mol. The predicted octanol–water partition coefficient (Wildman–Crippen LogP) is 17.4. The van der Waals surface area contributed by atoms with Crippen LogP contribution in [0, 0.1) is 0 Å². The van der Waals surface area contributed by atoms with Crippen LogP contribution in [0.25, 0.3) is 66.4 Å². The molecule has 1 aromatic heterocycles. The molecule has 3 aliphatic rings. The summed E-state index contributed by atoms with van der Waals surface area (Å²) < 4.78 is 6.19. The molecule has 2 nitrogen and oxygen atoms in total. The number of hydrogen-bond acceptors (Lipinski definition) is 2. The summed E-state index contributed by atoms with van der Waals surface area (Å²) in [5.74, 6) is 0. The Labute approximate surface area is 407 Å². The Morgan fingerprint density at radius 2 is 0.671 bits per heavy atom. The Kier molecular flexibility index (Phi) is 8.24. The third-order valence-corrected chi connectivity index (χ3v) is 15.8. The summed E-state index contributed by atoms with van der Waals surface area (Å²) in [4.78, 5) is 2.36. The summed E-state index contributed by atoms with van der Waals surface area (Å²) >= 11 is 0. The van der Waals surface area contributed by atoms with Crippen LogP contribution in [0.1, 0.15) is 44.5 Å². The van der Waals surface area contributed by atoms with Gasteiger partial charge in [0.05, 0.1) is 10.8 Å². The van der Waals surface area contributed by atoms with Gasteiger partial charge in [-0.1, -0.05) is 200 Å². The second-order valence-corrected chi connectivity index (χ2v) is 19.1. The van der Waals surface area contributed by atoms with Gasteiger partial charge in [-0.3, -0.25) is 0 Å². The largest absolute Gasteiger partial charge is 0.456 e. The maximum Gasteiger partial charge on any atom is 0.135 e. The number of furan rings is 1. The molecule has 0 saturated heterocycles. The van der Waals surface area contributed by atoms with Crippen LogP contribution in [0.3, 0.4) is 0 Å². The molecule has 0 N–H and O–H groups in total.